The molecule has 2 rings (SSSR count). The molecule has 1 aromatic carbocycles. The van der Waals surface area contributed by atoms with Gasteiger partial charge in [-0.25, -0.2) is 4.79 Å². The third kappa shape index (κ3) is 2.59. The van der Waals surface area contributed by atoms with E-state index in [2.05, 4.69) is 5.32 Å². The normalized spacial score (nSPS) is 16.9. The van der Waals surface area contributed by atoms with Gasteiger partial charge >= 0.3 is 6.03 Å². The highest BCUT2D eigenvalue weighted by Gasteiger charge is 2.32. The third-order valence-corrected chi connectivity index (χ3v) is 2.80. The summed E-state index contributed by atoms with van der Waals surface area (Å²) in [4.78, 5) is 24.7. The summed E-state index contributed by atoms with van der Waals surface area (Å²) < 4.78 is 5.48. The minimum atomic E-state index is -0.382. The van der Waals surface area contributed by atoms with Gasteiger partial charge in [-0.05, 0) is 26.0 Å². The molecule has 1 aromatic rings. The maximum absolute atomic E-state index is 12.0. The molecule has 0 unspecified atom stereocenters. The first-order valence-corrected chi connectivity index (χ1v) is 6.23. The molecule has 1 aliphatic rings. The van der Waals surface area contributed by atoms with Crippen LogP contribution in [0.5, 0.6) is 5.75 Å². The van der Waals surface area contributed by atoms with Crippen LogP contribution in [0.15, 0.2) is 30.0 Å². The van der Waals surface area contributed by atoms with E-state index in [4.69, 9.17) is 4.74 Å². The molecule has 100 valence electrons. The van der Waals surface area contributed by atoms with Gasteiger partial charge in [0, 0.05) is 12.1 Å². The predicted molar refractivity (Wildman–Crippen MR) is 71.5 cm³/mol. The molecule has 0 bridgehead atoms. The van der Waals surface area contributed by atoms with Crippen LogP contribution < -0.4 is 10.1 Å². The number of imide groups is 1. The molecule has 19 heavy (non-hydrogen) atoms. The van der Waals surface area contributed by atoms with Crippen LogP contribution >= 0.6 is 0 Å². The van der Waals surface area contributed by atoms with Crippen molar-refractivity contribution in [2.45, 2.75) is 13.8 Å². The van der Waals surface area contributed by atoms with Crippen molar-refractivity contribution in [2.24, 2.45) is 0 Å². The standard InChI is InChI=1S/C14H16N2O3/c1-3-16-13(17)11(15-14(16)18)9-10-7-5-6-8-12(10)19-4-2/h5-9H,3-4H2,1-2H3,(H,15,18)/b11-9+. The molecule has 0 spiro atoms. The number of carbonyl (C=O) groups excluding carboxylic acids is 2. The molecule has 0 aromatic heterocycles. The fourth-order valence-electron chi connectivity index (χ4n) is 1.90. The Morgan fingerprint density at radius 2 is 2.00 bits per heavy atom. The fraction of sp³-hybridized carbons (Fsp3) is 0.286. The molecule has 3 amide bonds. The lowest BCUT2D eigenvalue weighted by Crippen LogP contribution is -2.30. The van der Waals surface area contributed by atoms with Crippen molar-refractivity contribution >= 4 is 18.0 Å². The number of carbonyl (C=O) groups is 2. The van der Waals surface area contributed by atoms with E-state index in [1.54, 1.807) is 13.0 Å². The van der Waals surface area contributed by atoms with Crippen LogP contribution in [0.1, 0.15) is 19.4 Å². The molecule has 1 aliphatic heterocycles. The first-order chi connectivity index (χ1) is 9.17. The molecule has 0 radical (unpaired) electrons. The molecular weight excluding hydrogens is 244 g/mol. The first kappa shape index (κ1) is 13.1. The highest BCUT2D eigenvalue weighted by molar-refractivity contribution is 6.14. The minimum absolute atomic E-state index is 0.277. The average Bonchev–Trinajstić information content (AvgIpc) is 2.67. The van der Waals surface area contributed by atoms with E-state index in [0.717, 1.165) is 10.5 Å². The van der Waals surface area contributed by atoms with E-state index in [0.29, 0.717) is 18.9 Å². The van der Waals surface area contributed by atoms with Crippen molar-refractivity contribution in [1.82, 2.24) is 10.2 Å². The summed E-state index contributed by atoms with van der Waals surface area (Å²) in [5.41, 5.74) is 1.05. The van der Waals surface area contributed by atoms with E-state index < -0.39 is 0 Å². The Bertz CT molecular complexity index is 537. The summed E-state index contributed by atoms with van der Waals surface area (Å²) in [5, 5.41) is 2.57. The maximum Gasteiger partial charge on any atom is 0.328 e. The number of nitrogens with one attached hydrogen (secondary N) is 1. The van der Waals surface area contributed by atoms with Gasteiger partial charge in [0.1, 0.15) is 11.4 Å². The summed E-state index contributed by atoms with van der Waals surface area (Å²) in [5.74, 6) is 0.383. The zero-order valence-corrected chi connectivity index (χ0v) is 11.0. The number of hydrogen-bond donors (Lipinski definition) is 1. The Morgan fingerprint density at radius 1 is 1.26 bits per heavy atom. The second-order valence-corrected chi connectivity index (χ2v) is 4.01. The molecule has 1 heterocycles. The van der Waals surface area contributed by atoms with Gasteiger partial charge < -0.3 is 10.1 Å². The van der Waals surface area contributed by atoms with Crippen LogP contribution in [0.3, 0.4) is 0 Å². The molecule has 5 heteroatoms. The van der Waals surface area contributed by atoms with Gasteiger partial charge in [-0.2, -0.15) is 0 Å². The zero-order valence-electron chi connectivity index (χ0n) is 11.0. The van der Waals surface area contributed by atoms with Crippen molar-refractivity contribution < 1.29 is 14.3 Å². The van der Waals surface area contributed by atoms with Gasteiger partial charge in [-0.15, -0.1) is 0 Å². The monoisotopic (exact) mass is 260 g/mol. The zero-order chi connectivity index (χ0) is 13.8. The smallest absolute Gasteiger partial charge is 0.328 e. The molecule has 1 N–H and O–H groups in total. The van der Waals surface area contributed by atoms with E-state index >= 15 is 0 Å². The largest absolute Gasteiger partial charge is 0.493 e. The van der Waals surface area contributed by atoms with Crippen molar-refractivity contribution in [3.05, 3.63) is 35.5 Å². The third-order valence-electron chi connectivity index (χ3n) is 2.80. The Labute approximate surface area is 111 Å². The molecule has 0 aliphatic carbocycles. The average molecular weight is 260 g/mol. The Balaban J connectivity index is 2.32. The van der Waals surface area contributed by atoms with Gasteiger partial charge in [0.05, 0.1) is 6.61 Å². The lowest BCUT2D eigenvalue weighted by molar-refractivity contribution is -0.122. The van der Waals surface area contributed by atoms with Gasteiger partial charge in [0.25, 0.3) is 5.91 Å². The highest BCUT2D eigenvalue weighted by Crippen LogP contribution is 2.22. The topological polar surface area (TPSA) is 58.6 Å². The molecule has 0 atom stereocenters. The maximum atomic E-state index is 12.0. The van der Waals surface area contributed by atoms with Gasteiger partial charge in [0.2, 0.25) is 0 Å². The predicted octanol–water partition coefficient (Wildman–Crippen LogP) is 2.00. The van der Waals surface area contributed by atoms with Crippen LogP contribution in [0.4, 0.5) is 4.79 Å². The van der Waals surface area contributed by atoms with E-state index in [-0.39, 0.29) is 17.6 Å². The molecule has 0 saturated carbocycles. The Morgan fingerprint density at radius 3 is 2.63 bits per heavy atom. The van der Waals surface area contributed by atoms with Crippen molar-refractivity contribution in [1.29, 1.82) is 0 Å². The lowest BCUT2D eigenvalue weighted by atomic mass is 10.1. The highest BCUT2D eigenvalue weighted by atomic mass is 16.5. The summed E-state index contributed by atoms with van der Waals surface area (Å²) in [7, 11) is 0. The minimum Gasteiger partial charge on any atom is -0.493 e. The number of rotatable bonds is 4. The number of para-hydroxylation sites is 1. The summed E-state index contributed by atoms with van der Waals surface area (Å²) in [6.07, 6.45) is 1.64. The van der Waals surface area contributed by atoms with E-state index in [1.165, 1.54) is 0 Å². The second-order valence-electron chi connectivity index (χ2n) is 4.01. The Kier molecular flexibility index (Phi) is 3.85. The van der Waals surface area contributed by atoms with E-state index in [9.17, 15) is 9.59 Å². The molecule has 1 saturated heterocycles. The van der Waals surface area contributed by atoms with Gasteiger partial charge in [-0.1, -0.05) is 18.2 Å². The Hall–Kier alpha value is -2.30. The number of amides is 3. The quantitative estimate of drug-likeness (QED) is 0.665. The van der Waals surface area contributed by atoms with Gasteiger partial charge in [0.15, 0.2) is 0 Å². The second kappa shape index (κ2) is 5.56. The van der Waals surface area contributed by atoms with Crippen LogP contribution in [-0.2, 0) is 4.79 Å². The number of likely N-dealkylation sites (N-methyl/N-ethyl adjacent to an activating group) is 1. The summed E-state index contributed by atoms with van der Waals surface area (Å²) in [6, 6.07) is 7.00. The van der Waals surface area contributed by atoms with Gasteiger partial charge in [-0.3, -0.25) is 9.69 Å². The lowest BCUT2D eigenvalue weighted by Gasteiger charge is -2.07. The SMILES string of the molecule is CCOc1ccccc1/C=C1/NC(=O)N(CC)C1=O. The van der Waals surface area contributed by atoms with E-state index in [1.807, 2.05) is 31.2 Å². The number of ether oxygens (including phenoxy) is 1. The van der Waals surface area contributed by atoms with Crippen molar-refractivity contribution in [2.75, 3.05) is 13.2 Å². The fourth-order valence-corrected chi connectivity index (χ4v) is 1.90. The van der Waals surface area contributed by atoms with Crippen LogP contribution in [0, 0.1) is 0 Å². The number of hydrogen-bond acceptors (Lipinski definition) is 3. The van der Waals surface area contributed by atoms with Crippen LogP contribution in [0.25, 0.3) is 6.08 Å². The van der Waals surface area contributed by atoms with Crippen LogP contribution in [0.2, 0.25) is 0 Å². The number of nitrogens with zero attached hydrogens (tertiary/aromatic N) is 1. The van der Waals surface area contributed by atoms with Crippen molar-refractivity contribution in [3.63, 3.8) is 0 Å². The molecule has 1 fully saturated rings. The summed E-state index contributed by atoms with van der Waals surface area (Å²) in [6.45, 7) is 4.55. The summed E-state index contributed by atoms with van der Waals surface area (Å²) >= 11 is 0. The molecule has 5 nitrogen and oxygen atoms in total. The van der Waals surface area contributed by atoms with Crippen LogP contribution in [-0.4, -0.2) is 30.0 Å². The van der Waals surface area contributed by atoms with Crippen molar-refractivity contribution in [3.8, 4) is 5.75 Å². The number of benzene rings is 1. The first-order valence-electron chi connectivity index (χ1n) is 6.23. The number of urea groups is 1. The molecular formula is C14H16N2O3.